The Morgan fingerprint density at radius 2 is 2.33 bits per heavy atom. The molecule has 84 valence electrons. The summed E-state index contributed by atoms with van der Waals surface area (Å²) in [7, 11) is -4.42. The summed E-state index contributed by atoms with van der Waals surface area (Å²) in [6.07, 6.45) is 0. The fraction of sp³-hybridized carbons (Fsp3) is 0.333. The van der Waals surface area contributed by atoms with Crippen molar-refractivity contribution in [2.45, 2.75) is 12.8 Å². The predicted octanol–water partition coefficient (Wildman–Crippen LogP) is 0.406. The fourth-order valence-corrected chi connectivity index (χ4v) is 1.43. The standard InChI is InChI=1S/C6H9N2O5PS/c1-3(14(10,11)12)13-5(9)4-2-15-6(7)8-4/h2-3H,1H3,(H2,7,8)(H2,10,11,12). The number of esters is 1. The van der Waals surface area contributed by atoms with E-state index in [-0.39, 0.29) is 10.8 Å². The van der Waals surface area contributed by atoms with E-state index in [1.54, 1.807) is 0 Å². The molecule has 15 heavy (non-hydrogen) atoms. The van der Waals surface area contributed by atoms with Crippen LogP contribution in [0.2, 0.25) is 0 Å². The molecule has 0 aliphatic carbocycles. The van der Waals surface area contributed by atoms with E-state index < -0.39 is 19.4 Å². The molecule has 1 aromatic rings. The second-order valence-electron chi connectivity index (χ2n) is 2.66. The van der Waals surface area contributed by atoms with E-state index >= 15 is 0 Å². The van der Waals surface area contributed by atoms with Crippen molar-refractivity contribution in [2.75, 3.05) is 5.73 Å². The maximum Gasteiger partial charge on any atom is 0.365 e. The summed E-state index contributed by atoms with van der Waals surface area (Å²) < 4.78 is 15.2. The molecule has 0 spiro atoms. The van der Waals surface area contributed by atoms with Crippen LogP contribution in [0.3, 0.4) is 0 Å². The van der Waals surface area contributed by atoms with E-state index in [4.69, 9.17) is 15.5 Å². The van der Waals surface area contributed by atoms with Crippen LogP contribution in [0.5, 0.6) is 0 Å². The Kier molecular flexibility index (Phi) is 3.46. The summed E-state index contributed by atoms with van der Waals surface area (Å²) in [6, 6.07) is 0. The van der Waals surface area contributed by atoms with Gasteiger partial charge in [-0.1, -0.05) is 0 Å². The van der Waals surface area contributed by atoms with Crippen LogP contribution in [-0.2, 0) is 9.30 Å². The zero-order valence-electron chi connectivity index (χ0n) is 7.65. The average Bonchev–Trinajstić information content (AvgIpc) is 2.50. The van der Waals surface area contributed by atoms with Crippen LogP contribution in [0.1, 0.15) is 17.4 Å². The molecule has 0 aliphatic heterocycles. The molecule has 1 heterocycles. The van der Waals surface area contributed by atoms with E-state index in [1.807, 2.05) is 0 Å². The molecular weight excluding hydrogens is 243 g/mol. The molecule has 1 rings (SSSR count). The van der Waals surface area contributed by atoms with Crippen molar-refractivity contribution in [3.63, 3.8) is 0 Å². The number of ether oxygens (including phenoxy) is 1. The molecule has 1 unspecified atom stereocenters. The van der Waals surface area contributed by atoms with Crippen LogP contribution < -0.4 is 5.73 Å². The maximum atomic E-state index is 11.2. The van der Waals surface area contributed by atoms with Crippen molar-refractivity contribution in [2.24, 2.45) is 0 Å². The monoisotopic (exact) mass is 252 g/mol. The van der Waals surface area contributed by atoms with Crippen molar-refractivity contribution in [1.29, 1.82) is 0 Å². The number of carbonyl (C=O) groups excluding carboxylic acids is 1. The van der Waals surface area contributed by atoms with Gasteiger partial charge >= 0.3 is 13.6 Å². The Hall–Kier alpha value is -0.950. The first-order valence-electron chi connectivity index (χ1n) is 3.78. The van der Waals surface area contributed by atoms with Gasteiger partial charge in [-0.3, -0.25) is 4.57 Å². The van der Waals surface area contributed by atoms with Crippen LogP contribution in [0, 0.1) is 0 Å². The molecule has 1 atom stereocenters. The van der Waals surface area contributed by atoms with Crippen LogP contribution in [-0.4, -0.2) is 26.6 Å². The average molecular weight is 252 g/mol. The number of nitrogens with zero attached hydrogens (tertiary/aromatic N) is 1. The van der Waals surface area contributed by atoms with Crippen molar-refractivity contribution in [1.82, 2.24) is 4.98 Å². The van der Waals surface area contributed by atoms with E-state index in [0.29, 0.717) is 0 Å². The minimum atomic E-state index is -4.42. The maximum absolute atomic E-state index is 11.2. The van der Waals surface area contributed by atoms with Crippen LogP contribution in [0.4, 0.5) is 5.13 Å². The van der Waals surface area contributed by atoms with Crippen molar-refractivity contribution >= 4 is 30.0 Å². The molecule has 0 fully saturated rings. The first kappa shape index (κ1) is 12.1. The molecule has 0 saturated heterocycles. The number of aromatic nitrogens is 1. The summed E-state index contributed by atoms with van der Waals surface area (Å²) in [5.41, 5.74) is 5.22. The third-order valence-electron chi connectivity index (χ3n) is 1.48. The highest BCUT2D eigenvalue weighted by Gasteiger charge is 2.28. The second kappa shape index (κ2) is 4.28. The van der Waals surface area contributed by atoms with Gasteiger partial charge in [0.1, 0.15) is 0 Å². The molecule has 0 radical (unpaired) electrons. The smallest absolute Gasteiger partial charge is 0.365 e. The fourth-order valence-electron chi connectivity index (χ4n) is 0.665. The lowest BCUT2D eigenvalue weighted by molar-refractivity contribution is 0.0423. The number of thiazole rings is 1. The molecule has 0 amide bonds. The Bertz CT molecular complexity index is 413. The van der Waals surface area contributed by atoms with Crippen molar-refractivity contribution in [3.8, 4) is 0 Å². The van der Waals surface area contributed by atoms with Gasteiger partial charge in [0, 0.05) is 5.38 Å². The Balaban J connectivity index is 2.69. The Morgan fingerprint density at radius 1 is 1.73 bits per heavy atom. The topological polar surface area (TPSA) is 123 Å². The van der Waals surface area contributed by atoms with Gasteiger partial charge in [-0.2, -0.15) is 0 Å². The van der Waals surface area contributed by atoms with Crippen LogP contribution in [0.15, 0.2) is 5.38 Å². The molecule has 0 aromatic carbocycles. The number of anilines is 1. The highest BCUT2D eigenvalue weighted by atomic mass is 32.1. The first-order chi connectivity index (χ1) is 6.80. The lowest BCUT2D eigenvalue weighted by atomic mass is 10.5. The number of hydrogen-bond donors (Lipinski definition) is 3. The third-order valence-corrected chi connectivity index (χ3v) is 3.21. The van der Waals surface area contributed by atoms with Crippen LogP contribution >= 0.6 is 18.9 Å². The highest BCUT2D eigenvalue weighted by molar-refractivity contribution is 7.52. The van der Waals surface area contributed by atoms with Gasteiger partial charge in [-0.15, -0.1) is 11.3 Å². The third kappa shape index (κ3) is 3.28. The molecule has 7 nitrogen and oxygen atoms in total. The summed E-state index contributed by atoms with van der Waals surface area (Å²) in [6.45, 7) is 1.11. The second-order valence-corrected chi connectivity index (χ2v) is 5.46. The molecule has 0 aliphatic rings. The number of nitrogen functional groups attached to an aromatic ring is 1. The largest absolute Gasteiger partial charge is 0.445 e. The number of rotatable bonds is 3. The highest BCUT2D eigenvalue weighted by Crippen LogP contribution is 2.41. The van der Waals surface area contributed by atoms with Crippen LogP contribution in [0.25, 0.3) is 0 Å². The first-order valence-corrected chi connectivity index (χ1v) is 6.34. The molecule has 0 bridgehead atoms. The van der Waals surface area contributed by atoms with E-state index in [9.17, 15) is 9.36 Å². The lowest BCUT2D eigenvalue weighted by Gasteiger charge is -2.13. The van der Waals surface area contributed by atoms with Crippen molar-refractivity contribution < 1.29 is 23.9 Å². The van der Waals surface area contributed by atoms with Gasteiger partial charge in [0.25, 0.3) is 0 Å². The molecule has 4 N–H and O–H groups in total. The van der Waals surface area contributed by atoms with Gasteiger partial charge in [0.2, 0.25) is 0 Å². The summed E-state index contributed by atoms with van der Waals surface area (Å²) in [5, 5.41) is 1.54. The quantitative estimate of drug-likeness (QED) is 0.525. The van der Waals surface area contributed by atoms with E-state index in [1.165, 1.54) is 5.38 Å². The minimum Gasteiger partial charge on any atom is -0.445 e. The molecule has 1 aromatic heterocycles. The van der Waals surface area contributed by atoms with Crippen molar-refractivity contribution in [3.05, 3.63) is 11.1 Å². The lowest BCUT2D eigenvalue weighted by Crippen LogP contribution is -2.15. The van der Waals surface area contributed by atoms with E-state index in [0.717, 1.165) is 18.3 Å². The minimum absolute atomic E-state index is 0.0576. The zero-order chi connectivity index (χ0) is 11.6. The molecular formula is C6H9N2O5PS. The van der Waals surface area contributed by atoms with Gasteiger partial charge in [0.15, 0.2) is 16.7 Å². The summed E-state index contributed by atoms with van der Waals surface area (Å²) >= 11 is 1.04. The van der Waals surface area contributed by atoms with Gasteiger partial charge in [0.05, 0.1) is 0 Å². The molecule has 0 saturated carbocycles. The normalized spacial score (nSPS) is 13.5. The zero-order valence-corrected chi connectivity index (χ0v) is 9.36. The number of hydrogen-bond acceptors (Lipinski definition) is 6. The number of carbonyl (C=O) groups is 1. The summed E-state index contributed by atoms with van der Waals surface area (Å²) in [5.74, 6) is -2.40. The number of nitrogens with two attached hydrogens (primary N) is 1. The van der Waals surface area contributed by atoms with Gasteiger partial charge in [-0.05, 0) is 6.92 Å². The van der Waals surface area contributed by atoms with Gasteiger partial charge < -0.3 is 20.3 Å². The van der Waals surface area contributed by atoms with E-state index in [2.05, 4.69) is 9.72 Å². The van der Waals surface area contributed by atoms with Gasteiger partial charge in [-0.25, -0.2) is 9.78 Å². The Morgan fingerprint density at radius 3 is 2.73 bits per heavy atom. The SMILES string of the molecule is CC(OC(=O)c1csc(N)n1)P(=O)(O)O. The molecule has 9 heteroatoms. The Labute approximate surface area is 89.1 Å². The predicted molar refractivity (Wildman–Crippen MR) is 53.4 cm³/mol. The summed E-state index contributed by atoms with van der Waals surface area (Å²) in [4.78, 5) is 32.2.